The van der Waals surface area contributed by atoms with Crippen molar-refractivity contribution < 1.29 is 29.6 Å². The lowest BCUT2D eigenvalue weighted by molar-refractivity contribution is -0.138. The highest BCUT2D eigenvalue weighted by molar-refractivity contribution is 7.15. The highest BCUT2D eigenvalue weighted by atomic mass is 32.1. The van der Waals surface area contributed by atoms with Crippen molar-refractivity contribution in [2.45, 2.75) is 52.4 Å². The number of rotatable bonds is 5. The summed E-state index contributed by atoms with van der Waals surface area (Å²) in [7, 11) is 0. The smallest absolute Gasteiger partial charge is 0.348 e. The minimum Gasteiger partial charge on any atom is -0.477 e. The summed E-state index contributed by atoms with van der Waals surface area (Å²) in [5.41, 5.74) is 0.0521. The Hall–Kier alpha value is -1.92. The molecule has 3 N–H and O–H groups in total. The van der Waals surface area contributed by atoms with E-state index in [1.54, 1.807) is 13.0 Å². The van der Waals surface area contributed by atoms with E-state index in [1.165, 1.54) is 4.90 Å². The van der Waals surface area contributed by atoms with Crippen LogP contribution in [0.25, 0.3) is 0 Å². The number of nitrogens with zero attached hydrogens (tertiary/aromatic N) is 1. The SMILES string of the molecule is C[C@@H]1CO[C@H](CC(O)CO)C(=O)N1c1cc(C#CC(C)(C)C)sc1C(=O)O. The number of aliphatic hydroxyl groups excluding tert-OH is 2. The second kappa shape index (κ2) is 8.40. The third-order valence-corrected chi connectivity index (χ3v) is 4.94. The van der Waals surface area contributed by atoms with Crippen LogP contribution >= 0.6 is 11.3 Å². The van der Waals surface area contributed by atoms with E-state index in [0.29, 0.717) is 4.88 Å². The van der Waals surface area contributed by atoms with Gasteiger partial charge in [0.15, 0.2) is 0 Å². The fourth-order valence-corrected chi connectivity index (χ4v) is 3.49. The number of carbonyl (C=O) groups excluding carboxylic acids is 1. The van der Waals surface area contributed by atoms with Gasteiger partial charge in [-0.05, 0) is 33.8 Å². The number of aromatic carboxylic acids is 1. The Kier molecular flexibility index (Phi) is 6.65. The fourth-order valence-electron chi connectivity index (χ4n) is 2.64. The number of aliphatic hydroxyl groups is 2. The van der Waals surface area contributed by atoms with E-state index in [4.69, 9.17) is 9.84 Å². The minimum absolute atomic E-state index is 0.0387. The number of carbonyl (C=O) groups is 2. The van der Waals surface area contributed by atoms with Gasteiger partial charge in [0.25, 0.3) is 5.91 Å². The van der Waals surface area contributed by atoms with Gasteiger partial charge in [-0.2, -0.15) is 0 Å². The number of ether oxygens (including phenoxy) is 1. The van der Waals surface area contributed by atoms with Gasteiger partial charge in [0.05, 0.1) is 35.9 Å². The standard InChI is InChI=1S/C19H25NO6S/c1-11-10-26-15(7-12(22)9-21)17(23)20(11)14-8-13(5-6-19(2,3)4)27-16(14)18(24)25/h8,11-12,15,21-22H,7,9-10H2,1-4H3,(H,24,25)/t11-,12?,15-/m1/s1. The monoisotopic (exact) mass is 395 g/mol. The molecule has 0 spiro atoms. The molecule has 3 atom stereocenters. The fraction of sp³-hybridized carbons (Fsp3) is 0.579. The van der Waals surface area contributed by atoms with Gasteiger partial charge in [0.2, 0.25) is 0 Å². The summed E-state index contributed by atoms with van der Waals surface area (Å²) in [6.45, 7) is 7.35. The summed E-state index contributed by atoms with van der Waals surface area (Å²) in [6, 6.07) is 1.25. The van der Waals surface area contributed by atoms with Crippen LogP contribution < -0.4 is 4.90 Å². The molecule has 1 amide bonds. The van der Waals surface area contributed by atoms with E-state index in [9.17, 15) is 19.8 Å². The zero-order valence-electron chi connectivity index (χ0n) is 15.9. The molecule has 0 bridgehead atoms. The number of amides is 1. The van der Waals surface area contributed by atoms with Crippen LogP contribution in [0, 0.1) is 17.3 Å². The molecule has 1 unspecified atom stereocenters. The Morgan fingerprint density at radius 2 is 2.15 bits per heavy atom. The van der Waals surface area contributed by atoms with E-state index in [2.05, 4.69) is 11.8 Å². The average Bonchev–Trinajstić information content (AvgIpc) is 2.99. The molecule has 8 heteroatoms. The van der Waals surface area contributed by atoms with Crippen LogP contribution in [0.3, 0.4) is 0 Å². The first-order valence-corrected chi connectivity index (χ1v) is 9.49. The van der Waals surface area contributed by atoms with Gasteiger partial charge in [-0.15, -0.1) is 11.3 Å². The maximum absolute atomic E-state index is 12.9. The number of hydrogen-bond acceptors (Lipinski definition) is 6. The molecule has 1 aromatic heterocycles. The van der Waals surface area contributed by atoms with E-state index < -0.39 is 30.7 Å². The maximum atomic E-state index is 12.9. The molecule has 0 aliphatic carbocycles. The molecule has 1 fully saturated rings. The Morgan fingerprint density at radius 1 is 1.48 bits per heavy atom. The third kappa shape index (κ3) is 5.30. The first-order chi connectivity index (χ1) is 12.5. The second-order valence-corrected chi connectivity index (χ2v) is 8.63. The van der Waals surface area contributed by atoms with Crippen LogP contribution in [0.4, 0.5) is 5.69 Å². The predicted octanol–water partition coefficient (Wildman–Crippen LogP) is 1.71. The maximum Gasteiger partial charge on any atom is 0.348 e. The molecule has 0 aromatic carbocycles. The van der Waals surface area contributed by atoms with Crippen LogP contribution in [0.5, 0.6) is 0 Å². The first-order valence-electron chi connectivity index (χ1n) is 8.67. The van der Waals surface area contributed by atoms with Crippen LogP contribution in [0.2, 0.25) is 0 Å². The molecule has 1 saturated heterocycles. The molecule has 1 aliphatic rings. The molecule has 7 nitrogen and oxygen atoms in total. The van der Waals surface area contributed by atoms with Crippen molar-refractivity contribution in [1.82, 2.24) is 0 Å². The Labute approximate surface area is 162 Å². The molecule has 2 rings (SSSR count). The van der Waals surface area contributed by atoms with E-state index in [-0.39, 0.29) is 35.0 Å². The largest absolute Gasteiger partial charge is 0.477 e. The quantitative estimate of drug-likeness (QED) is 0.655. The number of carboxylic acid groups (broad SMARTS) is 1. The summed E-state index contributed by atoms with van der Waals surface area (Å²) in [6.07, 6.45) is -2.07. The lowest BCUT2D eigenvalue weighted by atomic mass is 9.98. The topological polar surface area (TPSA) is 107 Å². The number of morpholine rings is 1. The van der Waals surface area contributed by atoms with Gasteiger partial charge >= 0.3 is 5.97 Å². The van der Waals surface area contributed by atoms with Crippen LogP contribution in [-0.2, 0) is 9.53 Å². The van der Waals surface area contributed by atoms with Crippen molar-refractivity contribution in [2.75, 3.05) is 18.1 Å². The average molecular weight is 395 g/mol. The number of thiophene rings is 1. The van der Waals surface area contributed by atoms with Crippen molar-refractivity contribution in [1.29, 1.82) is 0 Å². The molecular weight excluding hydrogens is 370 g/mol. The summed E-state index contributed by atoms with van der Waals surface area (Å²) in [4.78, 5) is 26.6. The summed E-state index contributed by atoms with van der Waals surface area (Å²) < 4.78 is 5.49. The Balaban J connectivity index is 2.41. The van der Waals surface area contributed by atoms with Gasteiger partial charge < -0.3 is 25.0 Å². The predicted molar refractivity (Wildman–Crippen MR) is 102 cm³/mol. The Morgan fingerprint density at radius 3 is 2.70 bits per heavy atom. The number of hydrogen-bond donors (Lipinski definition) is 3. The zero-order valence-corrected chi connectivity index (χ0v) is 16.7. The van der Waals surface area contributed by atoms with Crippen LogP contribution in [-0.4, -0.2) is 58.7 Å². The minimum atomic E-state index is -1.13. The molecule has 1 aromatic rings. The molecular formula is C19H25NO6S. The summed E-state index contributed by atoms with van der Waals surface area (Å²) >= 11 is 1.03. The Bertz CT molecular complexity index is 769. The van der Waals surface area contributed by atoms with Gasteiger partial charge in [-0.3, -0.25) is 4.79 Å². The van der Waals surface area contributed by atoms with Crippen LogP contribution in [0.15, 0.2) is 6.07 Å². The van der Waals surface area contributed by atoms with Crippen molar-refractivity contribution in [2.24, 2.45) is 5.41 Å². The molecule has 27 heavy (non-hydrogen) atoms. The lowest BCUT2D eigenvalue weighted by Crippen LogP contribution is -2.54. The highest BCUT2D eigenvalue weighted by Gasteiger charge is 2.38. The van der Waals surface area contributed by atoms with Gasteiger partial charge in [-0.1, -0.05) is 11.8 Å². The van der Waals surface area contributed by atoms with Gasteiger partial charge in [0.1, 0.15) is 11.0 Å². The van der Waals surface area contributed by atoms with Crippen molar-refractivity contribution in [3.05, 3.63) is 15.8 Å². The van der Waals surface area contributed by atoms with Gasteiger partial charge in [0, 0.05) is 11.8 Å². The van der Waals surface area contributed by atoms with Crippen molar-refractivity contribution in [3.63, 3.8) is 0 Å². The van der Waals surface area contributed by atoms with Crippen molar-refractivity contribution >= 4 is 28.9 Å². The molecule has 0 radical (unpaired) electrons. The first kappa shape index (κ1) is 21.4. The summed E-state index contributed by atoms with van der Waals surface area (Å²) in [5.74, 6) is 4.49. The molecule has 0 saturated carbocycles. The number of carboxylic acids is 1. The second-order valence-electron chi connectivity index (χ2n) is 7.58. The highest BCUT2D eigenvalue weighted by Crippen LogP contribution is 2.34. The normalized spacial score (nSPS) is 21.6. The molecule has 2 heterocycles. The van der Waals surface area contributed by atoms with E-state index >= 15 is 0 Å². The third-order valence-electron chi connectivity index (χ3n) is 3.92. The summed E-state index contributed by atoms with van der Waals surface area (Å²) in [5, 5.41) is 28.2. The molecule has 148 valence electrons. The lowest BCUT2D eigenvalue weighted by Gasteiger charge is -2.37. The zero-order chi connectivity index (χ0) is 20.4. The van der Waals surface area contributed by atoms with Gasteiger partial charge in [-0.25, -0.2) is 4.79 Å². The van der Waals surface area contributed by atoms with Crippen LogP contribution in [0.1, 0.15) is 48.7 Å². The number of anilines is 1. The molecule has 1 aliphatic heterocycles. The van der Waals surface area contributed by atoms with E-state index in [0.717, 1.165) is 11.3 Å². The van der Waals surface area contributed by atoms with Crippen molar-refractivity contribution in [3.8, 4) is 11.8 Å². The van der Waals surface area contributed by atoms with E-state index in [1.807, 2.05) is 20.8 Å².